The number of hydrogen-bond donors (Lipinski definition) is 2. The van der Waals surface area contributed by atoms with Crippen molar-refractivity contribution in [1.29, 1.82) is 0 Å². The van der Waals surface area contributed by atoms with Gasteiger partial charge in [-0.05, 0) is 30.6 Å². The molecule has 2 N–H and O–H groups in total. The summed E-state index contributed by atoms with van der Waals surface area (Å²) in [6.45, 7) is 8.72. The van der Waals surface area contributed by atoms with Crippen LogP contribution in [0.1, 0.15) is 47.5 Å². The summed E-state index contributed by atoms with van der Waals surface area (Å²) in [5, 5.41) is 23.3. The first-order chi connectivity index (χ1) is 18.2. The van der Waals surface area contributed by atoms with Gasteiger partial charge in [0, 0.05) is 29.7 Å². The van der Waals surface area contributed by atoms with Crippen LogP contribution in [-0.4, -0.2) is 83.4 Å². The van der Waals surface area contributed by atoms with Gasteiger partial charge in [0.25, 0.3) is 0 Å². The van der Waals surface area contributed by atoms with Crippen LogP contribution < -0.4 is 0 Å². The van der Waals surface area contributed by atoms with Gasteiger partial charge < -0.3 is 29.2 Å². The third-order valence-corrected chi connectivity index (χ3v) is 10.5. The van der Waals surface area contributed by atoms with E-state index in [1.165, 1.54) is 6.08 Å². The average molecular weight is 549 g/mol. The van der Waals surface area contributed by atoms with Gasteiger partial charge in [-0.2, -0.15) is 0 Å². The molecule has 2 saturated heterocycles. The molecule has 2 aliphatic heterocycles. The van der Waals surface area contributed by atoms with Crippen molar-refractivity contribution in [3.8, 4) is 0 Å². The highest BCUT2D eigenvalue weighted by Gasteiger charge is 2.85. The number of aliphatic hydroxyl groups is 2. The summed E-state index contributed by atoms with van der Waals surface area (Å²) in [5.74, 6) is -7.22. The van der Waals surface area contributed by atoms with E-state index < -0.39 is 94.0 Å². The molecule has 0 radical (unpaired) electrons. The third-order valence-electron chi connectivity index (χ3n) is 10.5. The summed E-state index contributed by atoms with van der Waals surface area (Å²) in [7, 11) is 1.09. The first kappa shape index (κ1) is 27.9. The Labute approximate surface area is 226 Å². The number of ether oxygens (including phenoxy) is 4. The molecule has 3 aliphatic carbocycles. The van der Waals surface area contributed by atoms with Crippen molar-refractivity contribution in [2.24, 2.45) is 40.4 Å². The molecule has 5 fully saturated rings. The molecule has 5 aliphatic rings. The molecular formula is C28H36O11. The predicted molar refractivity (Wildman–Crippen MR) is 130 cm³/mol. The summed E-state index contributed by atoms with van der Waals surface area (Å²) in [6.07, 6.45) is -4.82. The first-order valence-electron chi connectivity index (χ1n) is 13.4. The molecule has 2 bridgehead atoms. The molecule has 11 atom stereocenters. The molecule has 5 rings (SSSR count). The van der Waals surface area contributed by atoms with E-state index in [-0.39, 0.29) is 25.4 Å². The van der Waals surface area contributed by atoms with Crippen molar-refractivity contribution in [3.63, 3.8) is 0 Å². The molecule has 0 aromatic rings. The van der Waals surface area contributed by atoms with E-state index in [1.54, 1.807) is 20.8 Å². The average Bonchev–Trinajstić information content (AvgIpc) is 3.18. The number of carbonyl (C=O) groups excluding carboxylic acids is 5. The minimum Gasteiger partial charge on any atom is -0.467 e. The lowest BCUT2D eigenvalue weighted by Gasteiger charge is -2.67. The molecule has 11 unspecified atom stereocenters. The Bertz CT molecular complexity index is 1170. The zero-order chi connectivity index (χ0) is 28.8. The minimum absolute atomic E-state index is 0.0274. The van der Waals surface area contributed by atoms with Gasteiger partial charge >= 0.3 is 17.9 Å². The highest BCUT2D eigenvalue weighted by molar-refractivity contribution is 6.38. The molecule has 214 valence electrons. The topological polar surface area (TPSA) is 163 Å². The molecule has 2 heterocycles. The minimum atomic E-state index is -2.23. The summed E-state index contributed by atoms with van der Waals surface area (Å²) < 4.78 is 22.7. The normalized spacial score (nSPS) is 46.8. The number of allylic oxidation sites excluding steroid dienone is 1. The van der Waals surface area contributed by atoms with E-state index in [2.05, 4.69) is 0 Å². The zero-order valence-corrected chi connectivity index (χ0v) is 23.0. The van der Waals surface area contributed by atoms with E-state index in [0.717, 1.165) is 7.11 Å². The van der Waals surface area contributed by atoms with Crippen molar-refractivity contribution >= 4 is 29.5 Å². The maximum absolute atomic E-state index is 13.5. The fourth-order valence-electron chi connectivity index (χ4n) is 8.56. The number of ketones is 2. The summed E-state index contributed by atoms with van der Waals surface area (Å²) in [4.78, 5) is 65.4. The van der Waals surface area contributed by atoms with Crippen LogP contribution in [0.4, 0.5) is 0 Å². The Morgan fingerprint density at radius 3 is 2.44 bits per heavy atom. The second kappa shape index (κ2) is 8.94. The Morgan fingerprint density at radius 1 is 1.15 bits per heavy atom. The summed E-state index contributed by atoms with van der Waals surface area (Å²) >= 11 is 0. The molecule has 0 amide bonds. The Morgan fingerprint density at radius 2 is 1.82 bits per heavy atom. The lowest BCUT2D eigenvalue weighted by atomic mass is 9.37. The molecular weight excluding hydrogens is 512 g/mol. The van der Waals surface area contributed by atoms with Gasteiger partial charge in [0.05, 0.1) is 25.7 Å². The SMILES string of the molecule is COC(=O)C12OCC34C(CC5C(C)C(=O)C(=O)CC5(C)C3C(O)C1O)OC(=O)C(OC(=O)C=C(C)C(C)C)C24. The van der Waals surface area contributed by atoms with Crippen LogP contribution in [0.5, 0.6) is 0 Å². The molecule has 11 heteroatoms. The number of esters is 3. The van der Waals surface area contributed by atoms with Crippen LogP contribution in [0.25, 0.3) is 0 Å². The van der Waals surface area contributed by atoms with Gasteiger partial charge in [-0.1, -0.05) is 33.3 Å². The number of fused-ring (bicyclic) bond motifs is 2. The van der Waals surface area contributed by atoms with Gasteiger partial charge in [0.2, 0.25) is 17.5 Å². The maximum atomic E-state index is 13.5. The third kappa shape index (κ3) is 3.42. The van der Waals surface area contributed by atoms with E-state index >= 15 is 0 Å². The van der Waals surface area contributed by atoms with Gasteiger partial charge in [-0.3, -0.25) is 9.59 Å². The van der Waals surface area contributed by atoms with E-state index in [0.29, 0.717) is 5.57 Å². The quantitative estimate of drug-likeness (QED) is 0.218. The lowest BCUT2D eigenvalue weighted by Crippen LogP contribution is -2.79. The number of Topliss-reactive ketones (excluding diaryl/α,β-unsaturated/α-hetero) is 2. The number of hydrogen-bond acceptors (Lipinski definition) is 11. The zero-order valence-electron chi connectivity index (χ0n) is 23.0. The van der Waals surface area contributed by atoms with Gasteiger partial charge in [0.15, 0.2) is 5.78 Å². The second-order valence-corrected chi connectivity index (χ2v) is 12.5. The molecule has 0 aromatic carbocycles. The molecule has 3 saturated carbocycles. The molecule has 11 nitrogen and oxygen atoms in total. The number of aliphatic hydroxyl groups excluding tert-OH is 2. The summed E-state index contributed by atoms with van der Waals surface area (Å²) in [5.41, 5.74) is -3.85. The van der Waals surface area contributed by atoms with Gasteiger partial charge in [-0.25, -0.2) is 14.4 Å². The van der Waals surface area contributed by atoms with Crippen molar-refractivity contribution in [2.75, 3.05) is 13.7 Å². The van der Waals surface area contributed by atoms with Crippen LogP contribution in [0, 0.1) is 40.4 Å². The van der Waals surface area contributed by atoms with Crippen LogP contribution in [0.3, 0.4) is 0 Å². The van der Waals surface area contributed by atoms with Crippen LogP contribution in [0.15, 0.2) is 11.6 Å². The lowest BCUT2D eigenvalue weighted by molar-refractivity contribution is -0.295. The Hall–Kier alpha value is -2.63. The van der Waals surface area contributed by atoms with E-state index in [9.17, 15) is 34.2 Å². The van der Waals surface area contributed by atoms with Gasteiger partial charge in [0.1, 0.15) is 12.2 Å². The fourth-order valence-corrected chi connectivity index (χ4v) is 8.56. The number of carbonyl (C=O) groups is 5. The van der Waals surface area contributed by atoms with Gasteiger partial charge in [-0.15, -0.1) is 0 Å². The van der Waals surface area contributed by atoms with Crippen molar-refractivity contribution in [2.45, 2.75) is 77.5 Å². The van der Waals surface area contributed by atoms with Crippen LogP contribution >= 0.6 is 0 Å². The van der Waals surface area contributed by atoms with Crippen molar-refractivity contribution in [1.82, 2.24) is 0 Å². The highest BCUT2D eigenvalue weighted by Crippen LogP contribution is 2.72. The Balaban J connectivity index is 1.69. The first-order valence-corrected chi connectivity index (χ1v) is 13.4. The van der Waals surface area contributed by atoms with Crippen LogP contribution in [-0.2, 0) is 42.9 Å². The highest BCUT2D eigenvalue weighted by atomic mass is 16.6. The van der Waals surface area contributed by atoms with E-state index in [4.69, 9.17) is 18.9 Å². The molecule has 0 aromatic heterocycles. The van der Waals surface area contributed by atoms with E-state index in [1.807, 2.05) is 13.8 Å². The van der Waals surface area contributed by atoms with Crippen LogP contribution in [0.2, 0.25) is 0 Å². The monoisotopic (exact) mass is 548 g/mol. The number of rotatable bonds is 4. The van der Waals surface area contributed by atoms with Crippen molar-refractivity contribution in [3.05, 3.63) is 11.6 Å². The molecule has 1 spiro atoms. The standard InChI is InChI=1S/C28H36O11/c1-11(2)12(3)7-17(30)39-20-22-27-10-37-28(22,25(35)36-6)23(33)19(32)21(27)26(5)9-15(29)18(31)13(4)14(26)8-16(27)38-24(20)34/h7,11,13-14,16,19-23,32-33H,8-10H2,1-6H3. The van der Waals surface area contributed by atoms with Crippen molar-refractivity contribution < 1.29 is 53.1 Å². The smallest absolute Gasteiger partial charge is 0.348 e. The number of methoxy groups -OCH3 is 1. The second-order valence-electron chi connectivity index (χ2n) is 12.5. The maximum Gasteiger partial charge on any atom is 0.348 e. The summed E-state index contributed by atoms with van der Waals surface area (Å²) in [6, 6.07) is 0. The molecule has 39 heavy (non-hydrogen) atoms. The predicted octanol–water partition coefficient (Wildman–Crippen LogP) is 0.526. The Kier molecular flexibility index (Phi) is 6.40. The largest absolute Gasteiger partial charge is 0.467 e. The fraction of sp³-hybridized carbons (Fsp3) is 0.750.